The summed E-state index contributed by atoms with van der Waals surface area (Å²) in [7, 11) is -4.92. The molecule has 0 amide bonds. The van der Waals surface area contributed by atoms with Crippen LogP contribution < -0.4 is 15.4 Å². The first-order valence-electron chi connectivity index (χ1n) is 26.7. The third-order valence-electron chi connectivity index (χ3n) is 14.9. The summed E-state index contributed by atoms with van der Waals surface area (Å²) in [4.78, 5) is 7.70. The van der Waals surface area contributed by atoms with Gasteiger partial charge in [0.05, 0.1) is 24.7 Å². The van der Waals surface area contributed by atoms with Gasteiger partial charge < -0.3 is 10.2 Å². The van der Waals surface area contributed by atoms with E-state index < -0.39 is 23.2 Å². The normalized spacial score (nSPS) is 14.2. The number of sulfone groups is 1. The van der Waals surface area contributed by atoms with Crippen molar-refractivity contribution in [3.8, 4) is 44.6 Å². The zero-order chi connectivity index (χ0) is 54.6. The predicted molar refractivity (Wildman–Crippen MR) is 327 cm³/mol. The van der Waals surface area contributed by atoms with E-state index in [0.717, 1.165) is 78.5 Å². The zero-order valence-electron chi connectivity index (χ0n) is 47.9. The molecule has 0 bridgehead atoms. The van der Waals surface area contributed by atoms with Gasteiger partial charge in [0.2, 0.25) is 0 Å². The summed E-state index contributed by atoms with van der Waals surface area (Å²) < 4.78 is 25.6. The first-order chi connectivity index (χ1) is 34.8. The second-order valence-electron chi connectivity index (χ2n) is 26.2. The molecule has 7 heteroatoms. The van der Waals surface area contributed by atoms with Crippen molar-refractivity contribution in [2.75, 3.05) is 17.7 Å². The fourth-order valence-electron chi connectivity index (χ4n) is 9.66. The van der Waals surface area contributed by atoms with E-state index >= 15 is 0 Å². The van der Waals surface area contributed by atoms with E-state index in [-0.39, 0.29) is 21.7 Å². The van der Waals surface area contributed by atoms with Crippen LogP contribution in [0, 0.1) is 0 Å². The molecule has 390 valence electrons. The van der Waals surface area contributed by atoms with Gasteiger partial charge in [0.25, 0.3) is 0 Å². The van der Waals surface area contributed by atoms with E-state index in [9.17, 15) is 8.42 Å². The second kappa shape index (κ2) is 20.3. The molecule has 1 unspecified atom stereocenters. The monoisotopic (exact) mass is 1030 g/mol. The van der Waals surface area contributed by atoms with Crippen LogP contribution in [0.2, 0.25) is 19.6 Å². The van der Waals surface area contributed by atoms with Crippen molar-refractivity contribution in [3.05, 3.63) is 191 Å². The van der Waals surface area contributed by atoms with Gasteiger partial charge in [0, 0.05) is 52.8 Å². The molecule has 0 aliphatic carbocycles. The van der Waals surface area contributed by atoms with Crippen molar-refractivity contribution >= 4 is 45.9 Å². The van der Waals surface area contributed by atoms with Crippen LogP contribution in [0.25, 0.3) is 50.3 Å². The topological polar surface area (TPSA) is 62.3 Å². The van der Waals surface area contributed by atoms with Crippen LogP contribution in [-0.4, -0.2) is 39.5 Å². The van der Waals surface area contributed by atoms with Gasteiger partial charge in [0.1, 0.15) is 0 Å². The van der Waals surface area contributed by atoms with Crippen molar-refractivity contribution in [2.45, 2.75) is 137 Å². The lowest BCUT2D eigenvalue weighted by Gasteiger charge is -2.31. The molecule has 1 N–H and O–H groups in total. The van der Waals surface area contributed by atoms with Gasteiger partial charge in [-0.15, -0.1) is 0 Å². The molecular weight excluding hydrogens is 951 g/mol. The maximum absolute atomic E-state index is 12.8. The van der Waals surface area contributed by atoms with Crippen molar-refractivity contribution in [1.82, 2.24) is 10.3 Å². The van der Waals surface area contributed by atoms with Gasteiger partial charge in [-0.3, -0.25) is 4.98 Å². The van der Waals surface area contributed by atoms with E-state index in [4.69, 9.17) is 4.98 Å². The van der Waals surface area contributed by atoms with Gasteiger partial charge in [0.15, 0.2) is 9.84 Å². The van der Waals surface area contributed by atoms with Crippen LogP contribution in [0.3, 0.4) is 0 Å². The molecule has 1 aliphatic heterocycles. The molecule has 1 aromatic heterocycles. The summed E-state index contributed by atoms with van der Waals surface area (Å²) in [5.74, 6) is 0. The number of anilines is 3. The Morgan fingerprint density at radius 2 is 0.973 bits per heavy atom. The highest BCUT2D eigenvalue weighted by Crippen LogP contribution is 2.47. The molecule has 0 saturated carbocycles. The van der Waals surface area contributed by atoms with Crippen LogP contribution >= 0.6 is 0 Å². The molecular formula is C68H81N3O2SSi. The molecule has 0 saturated heterocycles. The third-order valence-corrected chi connectivity index (χ3v) is 18.5. The minimum Gasteiger partial charge on any atom is -0.381 e. The molecule has 2 heterocycles. The largest absolute Gasteiger partial charge is 0.381 e. The SMILES string of the molecule is CC(C1=CC=C(c2cc(-c3cc(C(C)(C)C)cc(C(C)(C)C)c3)cc(N(c3cc(-c4cc(C(C)(C)C)cc(C(C)(C)C)c4)cc(-c4ccc([Si](C)(C)C)cn4)c3)c3ccccc3-c3ccccc3)c2)NC1)S(C)(=O)=O. The van der Waals surface area contributed by atoms with Gasteiger partial charge in [-0.25, -0.2) is 8.42 Å². The maximum atomic E-state index is 12.8. The number of allylic oxidation sites excluding steroid dienone is 2. The minimum atomic E-state index is -3.29. The lowest BCUT2D eigenvalue weighted by Crippen LogP contribution is -2.37. The maximum Gasteiger partial charge on any atom is 0.153 e. The highest BCUT2D eigenvalue weighted by molar-refractivity contribution is 7.91. The van der Waals surface area contributed by atoms with Crippen molar-refractivity contribution in [3.63, 3.8) is 0 Å². The minimum absolute atomic E-state index is 0.0834. The Morgan fingerprint density at radius 1 is 0.520 bits per heavy atom. The van der Waals surface area contributed by atoms with Gasteiger partial charge in [-0.05, 0) is 144 Å². The van der Waals surface area contributed by atoms with Crippen LogP contribution in [-0.2, 0) is 31.5 Å². The summed E-state index contributed by atoms with van der Waals surface area (Å²) in [6, 6.07) is 52.3. The number of para-hydroxylation sites is 1. The molecule has 8 rings (SSSR count). The highest BCUT2D eigenvalue weighted by Gasteiger charge is 2.28. The molecule has 6 aromatic carbocycles. The van der Waals surface area contributed by atoms with E-state index in [1.165, 1.54) is 33.7 Å². The van der Waals surface area contributed by atoms with Crippen LogP contribution in [0.4, 0.5) is 17.1 Å². The first kappa shape index (κ1) is 55.0. The van der Waals surface area contributed by atoms with Crippen LogP contribution in [0.1, 0.15) is 118 Å². The number of rotatable bonds is 11. The van der Waals surface area contributed by atoms with E-state index in [0.29, 0.717) is 6.54 Å². The molecule has 1 atom stereocenters. The molecule has 0 fully saturated rings. The summed E-state index contributed by atoms with van der Waals surface area (Å²) in [6.45, 7) is 36.9. The van der Waals surface area contributed by atoms with Crippen molar-refractivity contribution in [1.29, 1.82) is 0 Å². The zero-order valence-corrected chi connectivity index (χ0v) is 49.7. The molecule has 0 radical (unpaired) electrons. The fourth-order valence-corrected chi connectivity index (χ4v) is 11.4. The smallest absolute Gasteiger partial charge is 0.153 e. The number of nitrogens with zero attached hydrogens (tertiary/aromatic N) is 2. The number of nitrogens with one attached hydrogen (secondary N) is 1. The van der Waals surface area contributed by atoms with Crippen LogP contribution in [0.5, 0.6) is 0 Å². The average molecular weight is 1030 g/mol. The summed E-state index contributed by atoms with van der Waals surface area (Å²) in [5.41, 5.74) is 19.2. The Balaban J connectivity index is 1.50. The summed E-state index contributed by atoms with van der Waals surface area (Å²) in [5, 5.41) is 4.41. The highest BCUT2D eigenvalue weighted by atomic mass is 32.2. The molecule has 5 nitrogen and oxygen atoms in total. The Morgan fingerprint density at radius 3 is 1.41 bits per heavy atom. The number of aromatic nitrogens is 1. The standard InChI is InChI=1S/C68H81N3O2SSi/c1-45(74(14,72)73)47-27-29-62(69-43-47)52-31-48(50-33-54(65(2,3)4)41-55(34-50)66(5,6)7)37-58(39-52)71(64-26-22-21-25-61(64)46-23-19-18-20-24-46)59-38-49(32-53(40-59)63-30-28-60(44-70-63)75(15,16)17)51-35-56(67(8,9)10)42-57(36-51)68(11,12)13/h18-42,44-45,69H,43H2,1-17H3. The Bertz CT molecular complexity index is 3360. The fraction of sp³-hybridized carbons (Fsp3) is 0.338. The number of hydrogen-bond donors (Lipinski definition) is 1. The Hall–Kier alpha value is -6.28. The van der Waals surface area contributed by atoms with Gasteiger partial charge >= 0.3 is 0 Å². The second-order valence-corrected chi connectivity index (χ2v) is 33.6. The average Bonchev–Trinajstić information content (AvgIpc) is 3.35. The predicted octanol–water partition coefficient (Wildman–Crippen LogP) is 17.3. The molecule has 1 aliphatic rings. The van der Waals surface area contributed by atoms with E-state index in [1.54, 1.807) is 6.92 Å². The number of benzene rings is 6. The molecule has 7 aromatic rings. The van der Waals surface area contributed by atoms with Crippen molar-refractivity contribution < 1.29 is 8.42 Å². The van der Waals surface area contributed by atoms with Gasteiger partial charge in [-0.2, -0.15) is 0 Å². The molecule has 0 spiro atoms. The number of dihydropyridines is 1. The molecule has 75 heavy (non-hydrogen) atoms. The van der Waals surface area contributed by atoms with E-state index in [2.05, 4.69) is 265 Å². The summed E-state index contributed by atoms with van der Waals surface area (Å²) in [6.07, 6.45) is 7.47. The first-order valence-corrected chi connectivity index (χ1v) is 32.2. The lowest BCUT2D eigenvalue weighted by atomic mass is 9.78. The Labute approximate surface area is 452 Å². The Kier molecular flexibility index (Phi) is 14.9. The summed E-state index contributed by atoms with van der Waals surface area (Å²) >= 11 is 0. The van der Waals surface area contributed by atoms with Crippen LogP contribution in [0.15, 0.2) is 163 Å². The van der Waals surface area contributed by atoms with Crippen molar-refractivity contribution in [2.24, 2.45) is 0 Å². The quantitative estimate of drug-likeness (QED) is 0.131. The number of pyridine rings is 1. The lowest BCUT2D eigenvalue weighted by molar-refractivity contribution is 0.568. The third kappa shape index (κ3) is 12.5. The van der Waals surface area contributed by atoms with Gasteiger partial charge in [-0.1, -0.05) is 200 Å². The van der Waals surface area contributed by atoms with E-state index in [1.807, 2.05) is 6.08 Å². The number of hydrogen-bond acceptors (Lipinski definition) is 5.